The Balaban J connectivity index is 1.45. The topological polar surface area (TPSA) is 66.5 Å². The highest BCUT2D eigenvalue weighted by Crippen LogP contribution is 2.53. The van der Waals surface area contributed by atoms with Crippen molar-refractivity contribution in [1.82, 2.24) is 4.90 Å². The number of amides is 3. The first-order chi connectivity index (χ1) is 14.5. The number of hydrogen-bond donors (Lipinski definition) is 1. The van der Waals surface area contributed by atoms with Crippen LogP contribution < -0.4 is 5.32 Å². The van der Waals surface area contributed by atoms with E-state index in [1.807, 2.05) is 42.5 Å². The fourth-order valence-corrected chi connectivity index (χ4v) is 5.13. The maximum atomic E-state index is 13.3. The van der Waals surface area contributed by atoms with Gasteiger partial charge in [-0.1, -0.05) is 42.5 Å². The molecule has 152 valence electrons. The van der Waals surface area contributed by atoms with Crippen molar-refractivity contribution in [1.29, 1.82) is 0 Å². The van der Waals surface area contributed by atoms with Crippen molar-refractivity contribution in [3.05, 3.63) is 78.1 Å². The van der Waals surface area contributed by atoms with Crippen LogP contribution in [0.2, 0.25) is 0 Å². The average Bonchev–Trinajstić information content (AvgIpc) is 3.43. The zero-order valence-corrected chi connectivity index (χ0v) is 16.2. The number of rotatable bonds is 5. The van der Waals surface area contributed by atoms with Gasteiger partial charge in [-0.05, 0) is 48.1 Å². The molecule has 1 heterocycles. The number of anilines is 1. The normalized spacial score (nSPS) is 27.4. The number of nitrogens with one attached hydrogen (secondary N) is 1. The number of likely N-dealkylation sites (tertiary alicyclic amines) is 1. The lowest BCUT2D eigenvalue weighted by Gasteiger charge is -2.27. The van der Waals surface area contributed by atoms with Gasteiger partial charge in [-0.25, -0.2) is 4.39 Å². The smallest absolute Gasteiger partial charge is 0.248 e. The number of carbonyl (C=O) groups excluding carboxylic acids is 3. The number of carbonyl (C=O) groups is 3. The fourth-order valence-electron chi connectivity index (χ4n) is 5.13. The molecule has 1 N–H and O–H groups in total. The summed E-state index contributed by atoms with van der Waals surface area (Å²) in [5.74, 6) is -1.91. The van der Waals surface area contributed by atoms with Crippen molar-refractivity contribution in [2.24, 2.45) is 23.7 Å². The number of allylic oxidation sites excluding steroid dienone is 2. The van der Waals surface area contributed by atoms with E-state index in [2.05, 4.69) is 5.32 Å². The van der Waals surface area contributed by atoms with Gasteiger partial charge in [-0.15, -0.1) is 0 Å². The summed E-state index contributed by atoms with van der Waals surface area (Å²) >= 11 is 0. The highest BCUT2D eigenvalue weighted by molar-refractivity contribution is 6.10. The molecule has 0 radical (unpaired) electrons. The lowest BCUT2D eigenvalue weighted by atomic mass is 9.85. The average molecular weight is 404 g/mol. The van der Waals surface area contributed by atoms with Crippen LogP contribution in [0.4, 0.5) is 10.1 Å². The van der Waals surface area contributed by atoms with Crippen LogP contribution in [0, 0.1) is 29.5 Å². The first kappa shape index (κ1) is 18.7. The third kappa shape index (κ3) is 3.03. The number of hydrogen-bond acceptors (Lipinski definition) is 3. The minimum atomic E-state index is -0.956. The van der Waals surface area contributed by atoms with Gasteiger partial charge < -0.3 is 5.32 Å². The van der Waals surface area contributed by atoms with Crippen LogP contribution in [-0.4, -0.2) is 28.7 Å². The first-order valence-corrected chi connectivity index (χ1v) is 10.2. The van der Waals surface area contributed by atoms with E-state index in [1.54, 1.807) is 0 Å². The minimum absolute atomic E-state index is 0.0824. The van der Waals surface area contributed by atoms with Gasteiger partial charge in [-0.2, -0.15) is 0 Å². The van der Waals surface area contributed by atoms with Crippen molar-refractivity contribution in [2.45, 2.75) is 18.9 Å². The van der Waals surface area contributed by atoms with Crippen molar-refractivity contribution >= 4 is 23.4 Å². The third-order valence-corrected chi connectivity index (χ3v) is 6.50. The summed E-state index contributed by atoms with van der Waals surface area (Å²) in [6, 6.07) is 13.8. The molecule has 2 aliphatic carbocycles. The molecule has 1 aliphatic heterocycles. The van der Waals surface area contributed by atoms with E-state index in [9.17, 15) is 18.8 Å². The van der Waals surface area contributed by atoms with E-state index < -0.39 is 17.8 Å². The largest absolute Gasteiger partial charge is 0.324 e. The number of benzene rings is 2. The molecule has 5 nitrogen and oxygen atoms in total. The van der Waals surface area contributed by atoms with Crippen LogP contribution in [0.15, 0.2) is 66.7 Å². The quantitative estimate of drug-likeness (QED) is 0.615. The number of halogens is 1. The predicted molar refractivity (Wildman–Crippen MR) is 109 cm³/mol. The molecule has 3 aliphatic rings. The van der Waals surface area contributed by atoms with Crippen molar-refractivity contribution in [3.63, 3.8) is 0 Å². The molecule has 5 rings (SSSR count). The Hall–Kier alpha value is -3.28. The molecule has 3 amide bonds. The summed E-state index contributed by atoms with van der Waals surface area (Å²) in [6.07, 6.45) is 5.13. The second kappa shape index (κ2) is 7.20. The van der Waals surface area contributed by atoms with Gasteiger partial charge in [0.05, 0.1) is 11.8 Å². The molecule has 2 aromatic carbocycles. The van der Waals surface area contributed by atoms with E-state index in [0.29, 0.717) is 5.69 Å². The monoisotopic (exact) mass is 404 g/mol. The molecule has 1 saturated carbocycles. The Labute approximate surface area is 173 Å². The summed E-state index contributed by atoms with van der Waals surface area (Å²) in [5.41, 5.74) is 1.27. The highest BCUT2D eigenvalue weighted by atomic mass is 19.1. The Morgan fingerprint density at radius 1 is 0.967 bits per heavy atom. The second-order valence-corrected chi connectivity index (χ2v) is 8.25. The third-order valence-electron chi connectivity index (χ3n) is 6.50. The number of nitrogens with zero attached hydrogens (tertiary/aromatic N) is 1. The van der Waals surface area contributed by atoms with Gasteiger partial charge >= 0.3 is 0 Å². The Morgan fingerprint density at radius 3 is 2.17 bits per heavy atom. The van der Waals surface area contributed by atoms with Gasteiger partial charge in [0.15, 0.2) is 0 Å². The van der Waals surface area contributed by atoms with Crippen LogP contribution in [-0.2, 0) is 20.8 Å². The highest BCUT2D eigenvalue weighted by Gasteiger charge is 2.61. The van der Waals surface area contributed by atoms with Crippen LogP contribution in [0.25, 0.3) is 0 Å². The second-order valence-electron chi connectivity index (χ2n) is 8.25. The fraction of sp³-hybridized carbons (Fsp3) is 0.292. The van der Waals surface area contributed by atoms with Gasteiger partial charge in [0, 0.05) is 12.1 Å². The molecule has 0 spiro atoms. The van der Waals surface area contributed by atoms with E-state index in [1.165, 1.54) is 29.2 Å². The molecular weight excluding hydrogens is 383 g/mol. The molecule has 6 heteroatoms. The van der Waals surface area contributed by atoms with Gasteiger partial charge in [0.25, 0.3) is 0 Å². The molecule has 2 bridgehead atoms. The van der Waals surface area contributed by atoms with E-state index >= 15 is 0 Å². The maximum Gasteiger partial charge on any atom is 0.248 e. The Kier molecular flexibility index (Phi) is 4.50. The van der Waals surface area contributed by atoms with Crippen molar-refractivity contribution in [3.8, 4) is 0 Å². The van der Waals surface area contributed by atoms with E-state index in [-0.39, 0.29) is 41.9 Å². The van der Waals surface area contributed by atoms with Gasteiger partial charge in [0.2, 0.25) is 17.7 Å². The first-order valence-electron chi connectivity index (χ1n) is 10.2. The van der Waals surface area contributed by atoms with Crippen molar-refractivity contribution in [2.75, 3.05) is 5.32 Å². The molecule has 0 aromatic heterocycles. The van der Waals surface area contributed by atoms with Crippen LogP contribution in [0.5, 0.6) is 0 Å². The van der Waals surface area contributed by atoms with Gasteiger partial charge in [0.1, 0.15) is 11.9 Å². The lowest BCUT2D eigenvalue weighted by Crippen LogP contribution is -2.49. The zero-order valence-electron chi connectivity index (χ0n) is 16.2. The van der Waals surface area contributed by atoms with Crippen LogP contribution in [0.3, 0.4) is 0 Å². The summed E-state index contributed by atoms with van der Waals surface area (Å²) < 4.78 is 13.2. The molecule has 2 aromatic rings. The maximum absolute atomic E-state index is 13.3. The Morgan fingerprint density at radius 2 is 1.57 bits per heavy atom. The van der Waals surface area contributed by atoms with Crippen molar-refractivity contribution < 1.29 is 18.8 Å². The van der Waals surface area contributed by atoms with E-state index in [0.717, 1.165) is 12.0 Å². The molecule has 0 unspecified atom stereocenters. The van der Waals surface area contributed by atoms with Crippen LogP contribution in [0.1, 0.15) is 12.0 Å². The summed E-state index contributed by atoms with van der Waals surface area (Å²) in [5, 5.41) is 2.74. The summed E-state index contributed by atoms with van der Waals surface area (Å²) in [4.78, 5) is 40.9. The predicted octanol–water partition coefficient (Wildman–Crippen LogP) is 3.18. The number of fused-ring (bicyclic) bond motifs is 5. The SMILES string of the molecule is O=C(Nc1ccc(F)cc1)[C@@H](Cc1ccccc1)N1C(=O)[C@@H]2[C@H](C1=O)[C@H]1C=C[C@H]2C1. The summed E-state index contributed by atoms with van der Waals surface area (Å²) in [6.45, 7) is 0. The number of imide groups is 1. The van der Waals surface area contributed by atoms with Gasteiger partial charge in [-0.3, -0.25) is 19.3 Å². The molecular formula is C24H21FN2O3. The standard InChI is InChI=1S/C24H21FN2O3/c25-17-8-10-18(11-9-17)26-22(28)19(12-14-4-2-1-3-5-14)27-23(29)20-15-6-7-16(13-15)21(20)24(27)30/h1-11,15-16,19-21H,12-13H2,(H,26,28)/t15-,16-,19+,20-,21+/m0/s1. The Bertz CT molecular complexity index is 1000. The lowest BCUT2D eigenvalue weighted by molar-refractivity contribution is -0.147. The van der Waals surface area contributed by atoms with Crippen LogP contribution >= 0.6 is 0 Å². The molecule has 30 heavy (non-hydrogen) atoms. The minimum Gasteiger partial charge on any atom is -0.324 e. The van der Waals surface area contributed by atoms with E-state index in [4.69, 9.17) is 0 Å². The summed E-state index contributed by atoms with van der Waals surface area (Å²) in [7, 11) is 0. The molecule has 1 saturated heterocycles. The molecule has 2 fully saturated rings. The molecule has 5 atom stereocenters. The zero-order chi connectivity index (χ0) is 20.8.